The first kappa shape index (κ1) is 15.8. The van der Waals surface area contributed by atoms with Crippen molar-refractivity contribution >= 4 is 23.2 Å². The summed E-state index contributed by atoms with van der Waals surface area (Å²) >= 11 is 1.61. The van der Waals surface area contributed by atoms with E-state index in [0.717, 1.165) is 23.5 Å². The molecule has 0 saturated carbocycles. The van der Waals surface area contributed by atoms with Crippen molar-refractivity contribution in [1.29, 1.82) is 0 Å². The molecule has 5 nitrogen and oxygen atoms in total. The van der Waals surface area contributed by atoms with Gasteiger partial charge in [0.25, 0.3) is 0 Å². The molecule has 1 saturated heterocycles. The van der Waals surface area contributed by atoms with Gasteiger partial charge in [0.1, 0.15) is 5.76 Å². The van der Waals surface area contributed by atoms with Crippen molar-refractivity contribution in [1.82, 2.24) is 10.2 Å². The van der Waals surface area contributed by atoms with Crippen LogP contribution in [0.4, 0.5) is 0 Å². The number of furan rings is 1. The van der Waals surface area contributed by atoms with Crippen molar-refractivity contribution in [3.8, 4) is 0 Å². The lowest BCUT2D eigenvalue weighted by molar-refractivity contribution is -0.135. The van der Waals surface area contributed by atoms with E-state index in [1.165, 1.54) is 0 Å². The number of nitrogens with zero attached hydrogens (tertiary/aromatic N) is 1. The van der Waals surface area contributed by atoms with Gasteiger partial charge in [-0.1, -0.05) is 6.07 Å². The minimum Gasteiger partial charge on any atom is -0.467 e. The van der Waals surface area contributed by atoms with E-state index < -0.39 is 0 Å². The Labute approximate surface area is 139 Å². The molecule has 1 N–H and O–H groups in total. The number of carbonyl (C=O) groups is 2. The highest BCUT2D eigenvalue weighted by Gasteiger charge is 2.27. The van der Waals surface area contributed by atoms with Crippen LogP contribution in [0.3, 0.4) is 0 Å². The lowest BCUT2D eigenvalue weighted by atomic mass is 9.95. The fourth-order valence-electron chi connectivity index (χ4n) is 2.80. The van der Waals surface area contributed by atoms with Crippen LogP contribution in [-0.4, -0.2) is 29.8 Å². The van der Waals surface area contributed by atoms with Gasteiger partial charge in [-0.3, -0.25) is 9.59 Å². The Balaban J connectivity index is 1.42. The number of likely N-dealkylation sites (tertiary alicyclic amines) is 1. The molecule has 0 spiro atoms. The molecule has 0 aromatic carbocycles. The molecule has 0 atom stereocenters. The number of piperidine rings is 1. The van der Waals surface area contributed by atoms with Gasteiger partial charge in [0.05, 0.1) is 19.2 Å². The molecule has 2 aromatic rings. The third-order valence-corrected chi connectivity index (χ3v) is 5.02. The average molecular weight is 332 g/mol. The predicted octanol–water partition coefficient (Wildman–Crippen LogP) is 2.44. The first-order valence-corrected chi connectivity index (χ1v) is 8.70. The van der Waals surface area contributed by atoms with Crippen LogP contribution < -0.4 is 5.32 Å². The van der Waals surface area contributed by atoms with E-state index in [1.807, 2.05) is 28.5 Å². The lowest BCUT2D eigenvalue weighted by Crippen LogP contribution is -2.43. The molecule has 0 aliphatic carbocycles. The van der Waals surface area contributed by atoms with Crippen LogP contribution in [0.2, 0.25) is 0 Å². The number of thiophene rings is 1. The molecule has 0 unspecified atom stereocenters. The lowest BCUT2D eigenvalue weighted by Gasteiger charge is -2.31. The second kappa shape index (κ2) is 7.46. The third kappa shape index (κ3) is 4.22. The second-order valence-corrected chi connectivity index (χ2v) is 6.74. The highest BCUT2D eigenvalue weighted by molar-refractivity contribution is 7.10. The van der Waals surface area contributed by atoms with Gasteiger partial charge in [0.15, 0.2) is 0 Å². The number of carbonyl (C=O) groups excluding carboxylic acids is 2. The zero-order chi connectivity index (χ0) is 16.1. The zero-order valence-corrected chi connectivity index (χ0v) is 13.7. The molecule has 23 heavy (non-hydrogen) atoms. The summed E-state index contributed by atoms with van der Waals surface area (Å²) in [6, 6.07) is 7.59. The summed E-state index contributed by atoms with van der Waals surface area (Å²) in [5.74, 6) is 0.936. The highest BCUT2D eigenvalue weighted by atomic mass is 32.1. The van der Waals surface area contributed by atoms with Crippen LogP contribution in [0.25, 0.3) is 0 Å². The maximum Gasteiger partial charge on any atom is 0.227 e. The Morgan fingerprint density at radius 1 is 1.26 bits per heavy atom. The summed E-state index contributed by atoms with van der Waals surface area (Å²) in [5.41, 5.74) is 0. The van der Waals surface area contributed by atoms with Crippen molar-refractivity contribution in [3.05, 3.63) is 46.5 Å². The monoisotopic (exact) mass is 332 g/mol. The molecule has 6 heteroatoms. The summed E-state index contributed by atoms with van der Waals surface area (Å²) in [4.78, 5) is 27.4. The number of hydrogen-bond acceptors (Lipinski definition) is 4. The van der Waals surface area contributed by atoms with Crippen LogP contribution in [0.1, 0.15) is 23.5 Å². The van der Waals surface area contributed by atoms with Gasteiger partial charge in [-0.2, -0.15) is 0 Å². The molecule has 0 bridgehead atoms. The molecule has 122 valence electrons. The second-order valence-electron chi connectivity index (χ2n) is 5.71. The molecular weight excluding hydrogens is 312 g/mol. The van der Waals surface area contributed by atoms with Crippen LogP contribution in [0.15, 0.2) is 40.3 Å². The van der Waals surface area contributed by atoms with Crippen molar-refractivity contribution in [2.45, 2.75) is 25.8 Å². The van der Waals surface area contributed by atoms with E-state index in [2.05, 4.69) is 5.32 Å². The number of hydrogen-bond donors (Lipinski definition) is 1. The topological polar surface area (TPSA) is 62.6 Å². The fourth-order valence-corrected chi connectivity index (χ4v) is 3.49. The van der Waals surface area contributed by atoms with Crippen LogP contribution in [0.5, 0.6) is 0 Å². The Morgan fingerprint density at radius 2 is 2.09 bits per heavy atom. The molecule has 0 radical (unpaired) electrons. The average Bonchev–Trinajstić information content (AvgIpc) is 3.26. The zero-order valence-electron chi connectivity index (χ0n) is 12.9. The molecule has 2 aromatic heterocycles. The molecular formula is C17H20N2O3S. The summed E-state index contributed by atoms with van der Waals surface area (Å²) in [5, 5.41) is 4.89. The van der Waals surface area contributed by atoms with Crippen molar-refractivity contribution < 1.29 is 14.0 Å². The van der Waals surface area contributed by atoms with Gasteiger partial charge in [-0.25, -0.2) is 0 Å². The van der Waals surface area contributed by atoms with Gasteiger partial charge < -0.3 is 14.6 Å². The van der Waals surface area contributed by atoms with Crippen molar-refractivity contribution in [2.75, 3.05) is 13.1 Å². The maximum atomic E-state index is 12.2. The molecule has 3 heterocycles. The van der Waals surface area contributed by atoms with Crippen LogP contribution in [-0.2, 0) is 22.6 Å². The largest absolute Gasteiger partial charge is 0.467 e. The first-order chi connectivity index (χ1) is 11.2. The molecule has 1 aliphatic heterocycles. The number of rotatable bonds is 5. The van der Waals surface area contributed by atoms with E-state index in [0.29, 0.717) is 26.1 Å². The smallest absolute Gasteiger partial charge is 0.227 e. The normalized spacial score (nSPS) is 15.6. The minimum absolute atomic E-state index is 0.0178. The summed E-state index contributed by atoms with van der Waals surface area (Å²) in [6.45, 7) is 1.73. The Hall–Kier alpha value is -2.08. The molecule has 3 rings (SSSR count). The third-order valence-electron chi connectivity index (χ3n) is 4.14. The Kier molecular flexibility index (Phi) is 5.12. The standard InChI is InChI=1S/C17H20N2O3S/c20-16(11-15-4-2-10-23-15)19-7-5-13(6-8-19)17(21)18-12-14-3-1-9-22-14/h1-4,9-10,13H,5-8,11-12H2,(H,18,21). The van der Waals surface area contributed by atoms with E-state index >= 15 is 0 Å². The van der Waals surface area contributed by atoms with Crippen LogP contribution >= 0.6 is 11.3 Å². The van der Waals surface area contributed by atoms with Crippen LogP contribution in [0, 0.1) is 5.92 Å². The van der Waals surface area contributed by atoms with E-state index in [4.69, 9.17) is 4.42 Å². The van der Waals surface area contributed by atoms with Gasteiger partial charge in [-0.15, -0.1) is 11.3 Å². The fraction of sp³-hybridized carbons (Fsp3) is 0.412. The van der Waals surface area contributed by atoms with Gasteiger partial charge in [0, 0.05) is 23.9 Å². The molecule has 2 amide bonds. The predicted molar refractivity (Wildman–Crippen MR) is 87.9 cm³/mol. The van der Waals surface area contributed by atoms with Crippen molar-refractivity contribution in [3.63, 3.8) is 0 Å². The number of amides is 2. The minimum atomic E-state index is -0.0178. The quantitative estimate of drug-likeness (QED) is 0.915. The number of nitrogens with one attached hydrogen (secondary N) is 1. The van der Waals surface area contributed by atoms with Gasteiger partial charge >= 0.3 is 0 Å². The summed E-state index contributed by atoms with van der Waals surface area (Å²) in [7, 11) is 0. The molecule has 1 aliphatic rings. The van der Waals surface area contributed by atoms with E-state index in [1.54, 1.807) is 23.7 Å². The highest BCUT2D eigenvalue weighted by Crippen LogP contribution is 2.19. The Bertz CT molecular complexity index is 629. The van der Waals surface area contributed by atoms with E-state index in [9.17, 15) is 9.59 Å². The van der Waals surface area contributed by atoms with Gasteiger partial charge in [-0.05, 0) is 36.4 Å². The summed E-state index contributed by atoms with van der Waals surface area (Å²) in [6.07, 6.45) is 3.51. The van der Waals surface area contributed by atoms with Gasteiger partial charge in [0.2, 0.25) is 11.8 Å². The first-order valence-electron chi connectivity index (χ1n) is 7.82. The maximum absolute atomic E-state index is 12.2. The Morgan fingerprint density at radius 3 is 2.74 bits per heavy atom. The molecule has 1 fully saturated rings. The summed E-state index contributed by atoms with van der Waals surface area (Å²) < 4.78 is 5.20. The SMILES string of the molecule is O=C(NCc1ccco1)C1CCN(C(=O)Cc2cccs2)CC1. The van der Waals surface area contributed by atoms with Crippen molar-refractivity contribution in [2.24, 2.45) is 5.92 Å². The van der Waals surface area contributed by atoms with E-state index in [-0.39, 0.29) is 17.7 Å².